The van der Waals surface area contributed by atoms with Crippen LogP contribution < -0.4 is 12.3 Å². The van der Waals surface area contributed by atoms with Crippen molar-refractivity contribution in [2.45, 2.75) is 0 Å². The van der Waals surface area contributed by atoms with E-state index in [9.17, 15) is 0 Å². The minimum absolute atomic E-state index is 0. The van der Waals surface area contributed by atoms with E-state index in [1.165, 1.54) is 0 Å². The van der Waals surface area contributed by atoms with E-state index in [4.69, 9.17) is 76.6 Å². The Morgan fingerprint density at radius 3 is 0.435 bits per heavy atom. The van der Waals surface area contributed by atoms with Crippen LogP contribution >= 0.6 is 0 Å². The van der Waals surface area contributed by atoms with Gasteiger partial charge in [0.15, 0.2) is 0 Å². The third-order valence-electron chi connectivity index (χ3n) is 0. The van der Waals surface area contributed by atoms with Gasteiger partial charge < -0.3 is 38.3 Å². The van der Waals surface area contributed by atoms with Crippen molar-refractivity contribution in [3.05, 3.63) is 50.6 Å². The van der Waals surface area contributed by atoms with Gasteiger partial charge in [0, 0.05) is 41.7 Å². The molecule has 0 aliphatic rings. The first-order chi connectivity index (χ1) is 8.66. The molecule has 0 rings (SSSR count). The van der Waals surface area contributed by atoms with Gasteiger partial charge in [0.2, 0.25) is 0 Å². The van der Waals surface area contributed by atoms with Crippen molar-refractivity contribution in [3.63, 3.8) is 0 Å². The standard InChI is InChI=1S/Ce.5HNO3.2H3N/c;5*2-1(3)4;;/h;5*(H,2,3,4);2*1H3. The Bertz CT molecular complexity index is 211. The van der Waals surface area contributed by atoms with Crippen LogP contribution in [0.2, 0.25) is 0 Å². The van der Waals surface area contributed by atoms with Crippen LogP contribution in [0, 0.1) is 92.3 Å². The summed E-state index contributed by atoms with van der Waals surface area (Å²) in [6.45, 7) is 0. The van der Waals surface area contributed by atoms with Crippen LogP contribution in [0.4, 0.5) is 0 Å². The van der Waals surface area contributed by atoms with Crippen LogP contribution in [0.5, 0.6) is 0 Å². The van der Waals surface area contributed by atoms with Gasteiger partial charge in [-0.05, 0) is 0 Å². The van der Waals surface area contributed by atoms with Gasteiger partial charge >= 0.3 is 0 Å². The fraction of sp³-hybridized carbons (Fsp3) is 0. The summed E-state index contributed by atoms with van der Waals surface area (Å²) >= 11 is 0. The normalized spacial score (nSPS) is 5.22. The number of hydrogen-bond acceptors (Lipinski definition) is 12. The third-order valence-corrected chi connectivity index (χ3v) is 0. The van der Waals surface area contributed by atoms with Crippen molar-refractivity contribution >= 4 is 0 Å². The molecule has 0 spiro atoms. The van der Waals surface area contributed by atoms with E-state index >= 15 is 0 Å². The molecule has 23 heteroatoms. The van der Waals surface area contributed by atoms with Gasteiger partial charge in [-0.25, -0.2) is 0 Å². The van der Waals surface area contributed by atoms with Crippen molar-refractivity contribution < 1.29 is 93.2 Å². The van der Waals surface area contributed by atoms with Gasteiger partial charge in [0.05, 0.1) is 0 Å². The Balaban J connectivity index is -0.0000000197. The maximum absolute atomic E-state index is 8.36. The quantitative estimate of drug-likeness (QED) is 0.151. The molecule has 0 bridgehead atoms. The summed E-state index contributed by atoms with van der Waals surface area (Å²) in [6, 6.07) is 0. The fourth-order valence-electron chi connectivity index (χ4n) is 0. The van der Waals surface area contributed by atoms with Crippen molar-refractivity contribution in [2.75, 3.05) is 0 Å². The van der Waals surface area contributed by atoms with Crippen LogP contribution in [0.1, 0.15) is 0 Å². The second kappa shape index (κ2) is 42.7. The van der Waals surface area contributed by atoms with E-state index in [2.05, 4.69) is 0 Å². The third kappa shape index (κ3) is 790. The maximum atomic E-state index is 8.36. The second-order valence-electron chi connectivity index (χ2n) is 1.19. The zero-order valence-electron chi connectivity index (χ0n) is 10.5. The molecule has 11 N–H and O–H groups in total. The van der Waals surface area contributed by atoms with E-state index in [-0.39, 0.29) is 54.0 Å². The molecule has 140 valence electrons. The van der Waals surface area contributed by atoms with E-state index in [1.807, 2.05) is 0 Å². The number of nitrogens with zero attached hydrogens (tertiary/aromatic N) is 5. The fourth-order valence-corrected chi connectivity index (χ4v) is 0. The van der Waals surface area contributed by atoms with E-state index in [0.29, 0.717) is 0 Å². The molecular weight excluding hydrogens is 478 g/mol. The predicted molar refractivity (Wildman–Crippen MR) is 53.9 cm³/mol. The van der Waals surface area contributed by atoms with Crippen molar-refractivity contribution in [3.8, 4) is 0 Å². The summed E-state index contributed by atoms with van der Waals surface area (Å²) in [6.07, 6.45) is 0. The van der Waals surface area contributed by atoms with Crippen LogP contribution in [0.3, 0.4) is 0 Å². The van der Waals surface area contributed by atoms with Gasteiger partial charge in [-0.2, -0.15) is 0 Å². The number of rotatable bonds is 0. The molecule has 0 saturated carbocycles. The van der Waals surface area contributed by atoms with Crippen molar-refractivity contribution in [1.82, 2.24) is 12.3 Å². The largest absolute Gasteiger partial charge is 0.344 e. The smallest absolute Gasteiger partial charge is 0.291 e. The second-order valence-corrected chi connectivity index (χ2v) is 1.19. The molecule has 0 amide bonds. The molecule has 0 radical (unpaired) electrons. The Kier molecular flexibility index (Phi) is 92.8. The van der Waals surface area contributed by atoms with Crippen LogP contribution in [-0.4, -0.2) is 51.5 Å². The minimum atomic E-state index is -1.50. The first kappa shape index (κ1) is 50.0. The molecule has 0 aliphatic heterocycles. The van der Waals surface area contributed by atoms with Gasteiger partial charge in [-0.1, -0.05) is 0 Å². The summed E-state index contributed by atoms with van der Waals surface area (Å²) in [5, 5.41) is 68.2. The Labute approximate surface area is 156 Å². The maximum Gasteiger partial charge on any atom is 0.291 e. The molecular formula is H11CeN7O15. The van der Waals surface area contributed by atoms with E-state index in [1.54, 1.807) is 0 Å². The molecule has 23 heavy (non-hydrogen) atoms. The van der Waals surface area contributed by atoms with E-state index < -0.39 is 25.4 Å². The van der Waals surface area contributed by atoms with Crippen LogP contribution in [-0.2, 0) is 0 Å². The molecule has 0 atom stereocenters. The van der Waals surface area contributed by atoms with Crippen LogP contribution in [0.15, 0.2) is 0 Å². The van der Waals surface area contributed by atoms with Gasteiger partial charge in [0.1, 0.15) is 0 Å². The molecule has 0 saturated heterocycles. The molecule has 22 nitrogen and oxygen atoms in total. The topological polar surface area (TPSA) is 387 Å². The van der Waals surface area contributed by atoms with Gasteiger partial charge in [0.25, 0.3) is 25.4 Å². The van der Waals surface area contributed by atoms with Crippen molar-refractivity contribution in [1.29, 1.82) is 0 Å². The summed E-state index contributed by atoms with van der Waals surface area (Å²) < 4.78 is 0. The Morgan fingerprint density at radius 1 is 0.435 bits per heavy atom. The first-order valence-electron chi connectivity index (χ1n) is 2.83. The van der Waals surface area contributed by atoms with Crippen molar-refractivity contribution in [2.24, 2.45) is 0 Å². The Morgan fingerprint density at radius 2 is 0.435 bits per heavy atom. The number of hydrogen-bond donors (Lipinski definition) is 7. The Hall–Kier alpha value is -2.70. The first-order valence-corrected chi connectivity index (χ1v) is 2.83. The summed E-state index contributed by atoms with van der Waals surface area (Å²) in [5.41, 5.74) is 0. The minimum Gasteiger partial charge on any atom is -0.344 e. The molecule has 0 aromatic carbocycles. The zero-order chi connectivity index (χ0) is 17.9. The average molecular weight is 489 g/mol. The van der Waals surface area contributed by atoms with Crippen LogP contribution in [0.25, 0.3) is 0 Å². The molecule has 0 aromatic rings. The van der Waals surface area contributed by atoms with Gasteiger partial charge in [-0.3, -0.25) is 0 Å². The monoisotopic (exact) mass is 489 g/mol. The molecule has 0 fully saturated rings. The SMILES string of the molecule is N.N.O=[N+]([O-])O.O=[N+]([O-])O.O=[N+]([O-])O.O=[N+]([O-])O.O=[N+]([O-])O.[Ce]. The van der Waals surface area contributed by atoms with Gasteiger partial charge in [-0.15, -0.1) is 50.6 Å². The molecule has 0 aliphatic carbocycles. The molecule has 0 aromatic heterocycles. The zero-order valence-corrected chi connectivity index (χ0v) is 13.6. The predicted octanol–water partition coefficient (Wildman–Crippen LogP) is -1.41. The summed E-state index contributed by atoms with van der Waals surface area (Å²) in [5.74, 6) is 0. The summed E-state index contributed by atoms with van der Waals surface area (Å²) in [4.78, 5) is 41.8. The summed E-state index contributed by atoms with van der Waals surface area (Å²) in [7, 11) is 0. The van der Waals surface area contributed by atoms with E-state index in [0.717, 1.165) is 0 Å². The molecule has 0 heterocycles. The molecule has 0 unspecified atom stereocenters. The average Bonchev–Trinajstić information content (AvgIpc) is 1.94.